The number of ether oxygens (including phenoxy) is 1. The van der Waals surface area contributed by atoms with Gasteiger partial charge >= 0.3 is 0 Å². The van der Waals surface area contributed by atoms with Crippen LogP contribution >= 0.6 is 0 Å². The Morgan fingerprint density at radius 1 is 1.40 bits per heavy atom. The summed E-state index contributed by atoms with van der Waals surface area (Å²) >= 11 is 0. The Morgan fingerprint density at radius 3 is 2.60 bits per heavy atom. The Bertz CT molecular complexity index is 165. The van der Waals surface area contributed by atoms with Crippen LogP contribution in [0.5, 0.6) is 0 Å². The van der Waals surface area contributed by atoms with E-state index in [0.29, 0.717) is 12.1 Å². The second-order valence-electron chi connectivity index (χ2n) is 5.22. The maximum Gasteiger partial charge on any atom is 0.0620 e. The molecule has 1 heterocycles. The number of nitrogens with one attached hydrogen (secondary N) is 1. The second kappa shape index (κ2) is 6.46. The van der Waals surface area contributed by atoms with Gasteiger partial charge in [0.2, 0.25) is 0 Å². The zero-order valence-corrected chi connectivity index (χ0v) is 10.6. The number of rotatable bonds is 6. The maximum atomic E-state index is 5.35. The van der Waals surface area contributed by atoms with Gasteiger partial charge in [0.1, 0.15) is 0 Å². The molecule has 0 bridgehead atoms. The molecule has 0 saturated carbocycles. The quantitative estimate of drug-likeness (QED) is 0.722. The molecule has 0 aromatic heterocycles. The van der Waals surface area contributed by atoms with E-state index in [2.05, 4.69) is 38.2 Å². The van der Waals surface area contributed by atoms with Crippen LogP contribution in [0.4, 0.5) is 0 Å². The first-order chi connectivity index (χ1) is 7.09. The lowest BCUT2D eigenvalue weighted by Crippen LogP contribution is -2.42. The minimum atomic E-state index is 0.583. The molecule has 3 heteroatoms. The smallest absolute Gasteiger partial charge is 0.0620 e. The van der Waals surface area contributed by atoms with Gasteiger partial charge in [-0.25, -0.2) is 0 Å². The Balaban J connectivity index is 2.24. The van der Waals surface area contributed by atoms with Gasteiger partial charge in [-0.05, 0) is 32.9 Å². The molecule has 1 fully saturated rings. The monoisotopic (exact) mass is 214 g/mol. The number of likely N-dealkylation sites (N-methyl/N-ethyl adjacent to an activating group) is 1. The first-order valence-electron chi connectivity index (χ1n) is 6.07. The summed E-state index contributed by atoms with van der Waals surface area (Å²) in [6.07, 6.45) is 2.43. The average molecular weight is 214 g/mol. The van der Waals surface area contributed by atoms with Crippen molar-refractivity contribution in [3.05, 3.63) is 0 Å². The standard InChI is InChI=1S/C12H26N2O/c1-10(2)7-12(14(3)4)8-13-11-5-6-15-9-11/h10-13H,5-9H2,1-4H3. The molecular weight excluding hydrogens is 188 g/mol. The second-order valence-corrected chi connectivity index (χ2v) is 5.22. The lowest BCUT2D eigenvalue weighted by molar-refractivity contribution is 0.185. The van der Waals surface area contributed by atoms with Crippen molar-refractivity contribution in [1.29, 1.82) is 0 Å². The normalized spacial score (nSPS) is 24.0. The van der Waals surface area contributed by atoms with E-state index < -0.39 is 0 Å². The average Bonchev–Trinajstić information content (AvgIpc) is 2.63. The molecule has 0 aromatic rings. The van der Waals surface area contributed by atoms with E-state index in [1.165, 1.54) is 12.8 Å². The summed E-state index contributed by atoms with van der Waals surface area (Å²) in [6.45, 7) is 7.47. The van der Waals surface area contributed by atoms with Crippen LogP contribution in [-0.2, 0) is 4.74 Å². The van der Waals surface area contributed by atoms with Crippen molar-refractivity contribution in [1.82, 2.24) is 10.2 Å². The molecule has 1 rings (SSSR count). The van der Waals surface area contributed by atoms with Crippen LogP contribution in [0.2, 0.25) is 0 Å². The van der Waals surface area contributed by atoms with Gasteiger partial charge in [0.15, 0.2) is 0 Å². The van der Waals surface area contributed by atoms with Crippen molar-refractivity contribution in [2.24, 2.45) is 5.92 Å². The van der Waals surface area contributed by atoms with E-state index in [1.807, 2.05) is 0 Å². The Labute approximate surface area is 94.2 Å². The third kappa shape index (κ3) is 4.96. The van der Waals surface area contributed by atoms with Crippen LogP contribution in [0, 0.1) is 5.92 Å². The van der Waals surface area contributed by atoms with E-state index in [4.69, 9.17) is 4.74 Å². The van der Waals surface area contributed by atoms with Crippen LogP contribution in [0.3, 0.4) is 0 Å². The van der Waals surface area contributed by atoms with Crippen LogP contribution in [-0.4, -0.2) is 50.8 Å². The number of hydrogen-bond donors (Lipinski definition) is 1. The van der Waals surface area contributed by atoms with Gasteiger partial charge in [0, 0.05) is 25.2 Å². The SMILES string of the molecule is CC(C)CC(CNC1CCOC1)N(C)C. The van der Waals surface area contributed by atoms with Crippen molar-refractivity contribution in [2.75, 3.05) is 33.9 Å². The van der Waals surface area contributed by atoms with Gasteiger partial charge < -0.3 is 15.0 Å². The molecule has 0 spiro atoms. The molecular formula is C12H26N2O. The predicted molar refractivity (Wildman–Crippen MR) is 64.2 cm³/mol. The lowest BCUT2D eigenvalue weighted by Gasteiger charge is -2.27. The summed E-state index contributed by atoms with van der Waals surface area (Å²) in [4.78, 5) is 2.32. The van der Waals surface area contributed by atoms with E-state index in [0.717, 1.165) is 25.7 Å². The van der Waals surface area contributed by atoms with Crippen LogP contribution < -0.4 is 5.32 Å². The predicted octanol–water partition coefficient (Wildman–Crippen LogP) is 1.34. The van der Waals surface area contributed by atoms with E-state index in [-0.39, 0.29) is 0 Å². The van der Waals surface area contributed by atoms with Crippen molar-refractivity contribution in [2.45, 2.75) is 38.8 Å². The molecule has 1 aliphatic rings. The van der Waals surface area contributed by atoms with Gasteiger partial charge in [-0.3, -0.25) is 0 Å². The molecule has 3 nitrogen and oxygen atoms in total. The minimum absolute atomic E-state index is 0.583. The van der Waals surface area contributed by atoms with Gasteiger partial charge in [0.05, 0.1) is 6.61 Å². The summed E-state index contributed by atoms with van der Waals surface area (Å²) in [5, 5.41) is 3.60. The van der Waals surface area contributed by atoms with E-state index in [9.17, 15) is 0 Å². The van der Waals surface area contributed by atoms with Crippen LogP contribution in [0.15, 0.2) is 0 Å². The Hall–Kier alpha value is -0.120. The molecule has 1 aliphatic heterocycles. The highest BCUT2D eigenvalue weighted by molar-refractivity contribution is 4.77. The molecule has 0 radical (unpaired) electrons. The van der Waals surface area contributed by atoms with E-state index in [1.54, 1.807) is 0 Å². The largest absolute Gasteiger partial charge is 0.380 e. The van der Waals surface area contributed by atoms with Crippen LogP contribution in [0.1, 0.15) is 26.7 Å². The van der Waals surface area contributed by atoms with Gasteiger partial charge in [0.25, 0.3) is 0 Å². The van der Waals surface area contributed by atoms with Crippen molar-refractivity contribution in [3.63, 3.8) is 0 Å². The molecule has 1 saturated heterocycles. The minimum Gasteiger partial charge on any atom is -0.380 e. The first-order valence-corrected chi connectivity index (χ1v) is 6.07. The Morgan fingerprint density at radius 2 is 2.13 bits per heavy atom. The molecule has 0 aromatic carbocycles. The maximum absolute atomic E-state index is 5.35. The Kier molecular flexibility index (Phi) is 5.58. The summed E-state index contributed by atoms with van der Waals surface area (Å²) in [7, 11) is 4.33. The highest BCUT2D eigenvalue weighted by Crippen LogP contribution is 2.10. The van der Waals surface area contributed by atoms with Crippen molar-refractivity contribution in [3.8, 4) is 0 Å². The molecule has 15 heavy (non-hydrogen) atoms. The number of hydrogen-bond acceptors (Lipinski definition) is 3. The van der Waals surface area contributed by atoms with Gasteiger partial charge in [-0.1, -0.05) is 13.8 Å². The zero-order chi connectivity index (χ0) is 11.3. The third-order valence-electron chi connectivity index (χ3n) is 3.05. The fraction of sp³-hybridized carbons (Fsp3) is 1.00. The van der Waals surface area contributed by atoms with Crippen molar-refractivity contribution < 1.29 is 4.74 Å². The zero-order valence-electron chi connectivity index (χ0n) is 10.6. The molecule has 2 atom stereocenters. The molecule has 0 aliphatic carbocycles. The highest BCUT2D eigenvalue weighted by Gasteiger charge is 2.18. The summed E-state index contributed by atoms with van der Waals surface area (Å²) in [6, 6.07) is 1.23. The molecule has 0 amide bonds. The highest BCUT2D eigenvalue weighted by atomic mass is 16.5. The summed E-state index contributed by atoms with van der Waals surface area (Å²) in [5.41, 5.74) is 0. The van der Waals surface area contributed by atoms with Gasteiger partial charge in [-0.15, -0.1) is 0 Å². The van der Waals surface area contributed by atoms with Crippen molar-refractivity contribution >= 4 is 0 Å². The van der Waals surface area contributed by atoms with Gasteiger partial charge in [-0.2, -0.15) is 0 Å². The summed E-state index contributed by atoms with van der Waals surface area (Å²) < 4.78 is 5.35. The molecule has 1 N–H and O–H groups in total. The fourth-order valence-corrected chi connectivity index (χ4v) is 2.02. The molecule has 90 valence electrons. The first kappa shape index (κ1) is 12.9. The van der Waals surface area contributed by atoms with Crippen LogP contribution in [0.25, 0.3) is 0 Å². The summed E-state index contributed by atoms with van der Waals surface area (Å²) in [5.74, 6) is 0.763. The number of nitrogens with zero attached hydrogens (tertiary/aromatic N) is 1. The topological polar surface area (TPSA) is 24.5 Å². The lowest BCUT2D eigenvalue weighted by atomic mass is 10.0. The van der Waals surface area contributed by atoms with E-state index >= 15 is 0 Å². The third-order valence-corrected chi connectivity index (χ3v) is 3.05. The fourth-order valence-electron chi connectivity index (χ4n) is 2.02. The molecule has 2 unspecified atom stereocenters.